The van der Waals surface area contributed by atoms with Crippen LogP contribution in [0.25, 0.3) is 0 Å². The van der Waals surface area contributed by atoms with Crippen molar-refractivity contribution in [2.24, 2.45) is 0 Å². The first-order valence-corrected chi connectivity index (χ1v) is 3.72. The number of rotatable bonds is 0. The van der Waals surface area contributed by atoms with E-state index in [9.17, 15) is 15.0 Å². The molecule has 3 atom stereocenters. The van der Waals surface area contributed by atoms with Crippen LogP contribution in [-0.2, 0) is 9.53 Å². The van der Waals surface area contributed by atoms with Gasteiger partial charge in [-0.15, -0.1) is 0 Å². The second kappa shape index (κ2) is 2.69. The molecule has 1 heterocycles. The van der Waals surface area contributed by atoms with Crippen molar-refractivity contribution in [2.45, 2.75) is 37.1 Å². The predicted octanol–water partition coefficient (Wildman–Crippen LogP) is -1.64. The molecule has 2 aliphatic rings. The van der Waals surface area contributed by atoms with Gasteiger partial charge in [0, 0.05) is 19.3 Å². The number of aliphatic hydroxyl groups is 2. The Morgan fingerprint density at radius 3 is 2.75 bits per heavy atom. The van der Waals surface area contributed by atoms with Gasteiger partial charge in [0.25, 0.3) is 0 Å². The fourth-order valence-corrected chi connectivity index (χ4v) is 1.84. The van der Waals surface area contributed by atoms with E-state index in [4.69, 9.17) is 4.74 Å². The van der Waals surface area contributed by atoms with E-state index in [1.54, 1.807) is 0 Å². The van der Waals surface area contributed by atoms with Gasteiger partial charge in [-0.2, -0.15) is 0 Å². The van der Waals surface area contributed by atoms with Gasteiger partial charge in [0.1, 0.15) is 6.10 Å². The largest absolute Gasteiger partial charge is 0.460 e. The van der Waals surface area contributed by atoms with Crippen LogP contribution in [0.5, 0.6) is 0 Å². The van der Waals surface area contributed by atoms with E-state index in [1.807, 2.05) is 0 Å². The molecule has 1 unspecified atom stereocenters. The summed E-state index contributed by atoms with van der Waals surface area (Å²) in [5, 5.41) is 18.7. The second-order valence-corrected chi connectivity index (χ2v) is 3.36. The SMILES string of the molecule is O.O=C1O[C@@H]2C[C@@H](O)CC1(O)C2. The zero-order valence-electron chi connectivity index (χ0n) is 6.49. The van der Waals surface area contributed by atoms with E-state index in [1.165, 1.54) is 0 Å². The molecule has 5 heteroatoms. The zero-order valence-corrected chi connectivity index (χ0v) is 6.49. The quantitative estimate of drug-likeness (QED) is 0.432. The number of esters is 1. The van der Waals surface area contributed by atoms with Gasteiger partial charge in [0.2, 0.25) is 0 Å². The van der Waals surface area contributed by atoms with Crippen LogP contribution in [0.15, 0.2) is 0 Å². The third-order valence-corrected chi connectivity index (χ3v) is 2.33. The maximum Gasteiger partial charge on any atom is 0.338 e. The Bertz CT molecular complexity index is 204. The highest BCUT2D eigenvalue weighted by molar-refractivity contribution is 5.82. The Labute approximate surface area is 69.3 Å². The highest BCUT2D eigenvalue weighted by Gasteiger charge is 2.52. The van der Waals surface area contributed by atoms with Crippen LogP contribution in [-0.4, -0.2) is 39.5 Å². The predicted molar refractivity (Wildman–Crippen MR) is 38.3 cm³/mol. The van der Waals surface area contributed by atoms with E-state index < -0.39 is 17.7 Å². The summed E-state index contributed by atoms with van der Waals surface area (Å²) < 4.78 is 4.81. The Morgan fingerprint density at radius 1 is 1.50 bits per heavy atom. The van der Waals surface area contributed by atoms with Crippen LogP contribution in [0.1, 0.15) is 19.3 Å². The molecule has 0 spiro atoms. The lowest BCUT2D eigenvalue weighted by atomic mass is 9.84. The molecule has 12 heavy (non-hydrogen) atoms. The maximum absolute atomic E-state index is 10.9. The molecule has 1 saturated heterocycles. The molecule has 0 aromatic carbocycles. The summed E-state index contributed by atoms with van der Waals surface area (Å²) in [7, 11) is 0. The third-order valence-electron chi connectivity index (χ3n) is 2.33. The minimum atomic E-state index is -1.39. The lowest BCUT2D eigenvalue weighted by Crippen LogP contribution is -2.40. The van der Waals surface area contributed by atoms with Crippen LogP contribution >= 0.6 is 0 Å². The van der Waals surface area contributed by atoms with E-state index >= 15 is 0 Å². The smallest absolute Gasteiger partial charge is 0.338 e. The van der Waals surface area contributed by atoms with Crippen molar-refractivity contribution in [1.82, 2.24) is 0 Å². The molecule has 0 amide bonds. The van der Waals surface area contributed by atoms with Crippen molar-refractivity contribution in [3.8, 4) is 0 Å². The molecular weight excluding hydrogens is 164 g/mol. The summed E-state index contributed by atoms with van der Waals surface area (Å²) in [5.74, 6) is -0.570. The number of ether oxygens (including phenoxy) is 1. The topological polar surface area (TPSA) is 98.3 Å². The molecule has 1 aliphatic carbocycles. The summed E-state index contributed by atoms with van der Waals surface area (Å²) in [6, 6.07) is 0. The molecule has 2 bridgehead atoms. The van der Waals surface area contributed by atoms with Crippen LogP contribution in [0.4, 0.5) is 0 Å². The second-order valence-electron chi connectivity index (χ2n) is 3.36. The first-order chi connectivity index (χ1) is 5.10. The molecule has 0 aromatic rings. The van der Waals surface area contributed by atoms with E-state index in [-0.39, 0.29) is 18.0 Å². The number of carbonyl (C=O) groups excluding carboxylic acids is 1. The summed E-state index contributed by atoms with van der Waals surface area (Å²) in [4.78, 5) is 10.9. The summed E-state index contributed by atoms with van der Waals surface area (Å²) in [6.07, 6.45) is 0.0840. The molecule has 0 radical (unpaired) electrons. The Balaban J connectivity index is 0.000000720. The lowest BCUT2D eigenvalue weighted by molar-refractivity contribution is -0.154. The third kappa shape index (κ3) is 1.20. The lowest BCUT2D eigenvalue weighted by Gasteiger charge is -2.25. The molecule has 5 nitrogen and oxygen atoms in total. The van der Waals surface area contributed by atoms with Crippen molar-refractivity contribution in [3.63, 3.8) is 0 Å². The highest BCUT2D eigenvalue weighted by atomic mass is 16.6. The number of hydrogen-bond donors (Lipinski definition) is 2. The standard InChI is InChI=1S/C7H10O4.H2O/c8-4-1-5-3-7(10,2-4)6(9)11-5;/h4-5,8,10H,1-3H2;1H2/t4-,5-,7?;/m1./s1. The van der Waals surface area contributed by atoms with E-state index in [0.29, 0.717) is 12.8 Å². The molecule has 2 fully saturated rings. The monoisotopic (exact) mass is 176 g/mol. The highest BCUT2D eigenvalue weighted by Crippen LogP contribution is 2.37. The van der Waals surface area contributed by atoms with Crippen molar-refractivity contribution in [2.75, 3.05) is 0 Å². The fraction of sp³-hybridized carbons (Fsp3) is 0.857. The van der Waals surface area contributed by atoms with Gasteiger partial charge in [-0.3, -0.25) is 0 Å². The Kier molecular flexibility index (Phi) is 2.11. The number of carbonyl (C=O) groups is 1. The molecular formula is C7H12O5. The normalized spacial score (nSPS) is 45.0. The average molecular weight is 176 g/mol. The van der Waals surface area contributed by atoms with Crippen molar-refractivity contribution < 1.29 is 25.2 Å². The van der Waals surface area contributed by atoms with Gasteiger partial charge in [-0.25, -0.2) is 4.79 Å². The van der Waals surface area contributed by atoms with Gasteiger partial charge >= 0.3 is 5.97 Å². The van der Waals surface area contributed by atoms with E-state index in [2.05, 4.69) is 0 Å². The maximum atomic E-state index is 10.9. The summed E-state index contributed by atoms with van der Waals surface area (Å²) >= 11 is 0. The van der Waals surface area contributed by atoms with Crippen molar-refractivity contribution in [1.29, 1.82) is 0 Å². The van der Waals surface area contributed by atoms with Gasteiger partial charge in [-0.05, 0) is 0 Å². The van der Waals surface area contributed by atoms with Gasteiger partial charge < -0.3 is 20.4 Å². The van der Waals surface area contributed by atoms with Gasteiger partial charge in [0.05, 0.1) is 6.10 Å². The average Bonchev–Trinajstić information content (AvgIpc) is 2.02. The molecule has 0 aromatic heterocycles. The Hall–Kier alpha value is -0.650. The molecule has 2 rings (SSSR count). The minimum Gasteiger partial charge on any atom is -0.460 e. The fourth-order valence-electron chi connectivity index (χ4n) is 1.84. The summed E-state index contributed by atoms with van der Waals surface area (Å²) in [5.41, 5.74) is -1.39. The number of fused-ring (bicyclic) bond motifs is 2. The van der Waals surface area contributed by atoms with Gasteiger partial charge in [0.15, 0.2) is 5.60 Å². The molecule has 1 aliphatic heterocycles. The zero-order chi connectivity index (χ0) is 8.06. The summed E-state index contributed by atoms with van der Waals surface area (Å²) in [6.45, 7) is 0. The van der Waals surface area contributed by atoms with Crippen LogP contribution in [0, 0.1) is 0 Å². The Morgan fingerprint density at radius 2 is 2.17 bits per heavy atom. The first-order valence-electron chi connectivity index (χ1n) is 3.72. The van der Waals surface area contributed by atoms with Crippen LogP contribution in [0.3, 0.4) is 0 Å². The van der Waals surface area contributed by atoms with Gasteiger partial charge in [-0.1, -0.05) is 0 Å². The van der Waals surface area contributed by atoms with Crippen LogP contribution in [0.2, 0.25) is 0 Å². The molecule has 70 valence electrons. The van der Waals surface area contributed by atoms with Crippen molar-refractivity contribution in [3.05, 3.63) is 0 Å². The van der Waals surface area contributed by atoms with E-state index in [0.717, 1.165) is 0 Å². The van der Waals surface area contributed by atoms with Crippen molar-refractivity contribution >= 4 is 5.97 Å². The first kappa shape index (κ1) is 9.44. The van der Waals surface area contributed by atoms with Crippen LogP contribution < -0.4 is 0 Å². The molecule has 1 saturated carbocycles. The molecule has 4 N–H and O–H groups in total. The minimum absolute atomic E-state index is 0. The number of aliphatic hydroxyl groups excluding tert-OH is 1. The number of hydrogen-bond acceptors (Lipinski definition) is 4.